The molecule has 2 heterocycles. The molecule has 0 saturated heterocycles. The lowest BCUT2D eigenvalue weighted by molar-refractivity contribution is 0.0953. The lowest BCUT2D eigenvalue weighted by Crippen LogP contribution is -2.26. The van der Waals surface area contributed by atoms with Crippen LogP contribution in [0.15, 0.2) is 37.1 Å². The molecule has 2 rings (SSSR count). The first kappa shape index (κ1) is 18.4. The van der Waals surface area contributed by atoms with E-state index < -0.39 is 0 Å². The van der Waals surface area contributed by atoms with Crippen molar-refractivity contribution in [3.63, 3.8) is 0 Å². The SMILES string of the molecule is Cl.Cl.NCCCNC(=O)c1ccnc(-n2ccnc2)c1. The molecule has 8 heteroatoms. The van der Waals surface area contributed by atoms with Gasteiger partial charge in [-0.15, -0.1) is 24.8 Å². The van der Waals surface area contributed by atoms with Gasteiger partial charge in [0.05, 0.1) is 0 Å². The van der Waals surface area contributed by atoms with E-state index >= 15 is 0 Å². The van der Waals surface area contributed by atoms with Crippen LogP contribution >= 0.6 is 24.8 Å². The first-order chi connectivity index (χ1) is 8.81. The maximum absolute atomic E-state index is 11.8. The normalized spacial score (nSPS) is 9.25. The van der Waals surface area contributed by atoms with Crippen molar-refractivity contribution >= 4 is 30.7 Å². The lowest BCUT2D eigenvalue weighted by atomic mass is 10.2. The van der Waals surface area contributed by atoms with Gasteiger partial charge in [-0.05, 0) is 25.1 Å². The van der Waals surface area contributed by atoms with Crippen molar-refractivity contribution in [2.45, 2.75) is 6.42 Å². The van der Waals surface area contributed by atoms with E-state index in [9.17, 15) is 4.79 Å². The molecule has 1 amide bonds. The van der Waals surface area contributed by atoms with Crippen LogP contribution in [-0.4, -0.2) is 33.5 Å². The number of aromatic nitrogens is 3. The van der Waals surface area contributed by atoms with Crippen LogP contribution in [0, 0.1) is 0 Å². The molecule has 0 aliphatic carbocycles. The summed E-state index contributed by atoms with van der Waals surface area (Å²) in [5, 5.41) is 2.80. The molecule has 0 unspecified atom stereocenters. The number of carbonyl (C=O) groups is 1. The molecule has 2 aromatic rings. The van der Waals surface area contributed by atoms with Gasteiger partial charge in [-0.2, -0.15) is 0 Å². The molecular weight excluding hydrogens is 301 g/mol. The highest BCUT2D eigenvalue weighted by Crippen LogP contribution is 2.06. The van der Waals surface area contributed by atoms with Crippen molar-refractivity contribution in [2.75, 3.05) is 13.1 Å². The Hall–Kier alpha value is -1.63. The molecule has 0 bridgehead atoms. The number of rotatable bonds is 5. The van der Waals surface area contributed by atoms with E-state index in [1.165, 1.54) is 0 Å². The molecule has 0 aromatic carbocycles. The molecule has 0 aliphatic rings. The van der Waals surface area contributed by atoms with Crippen molar-refractivity contribution in [3.8, 4) is 5.82 Å². The van der Waals surface area contributed by atoms with Gasteiger partial charge < -0.3 is 11.1 Å². The van der Waals surface area contributed by atoms with Crippen molar-refractivity contribution < 1.29 is 4.79 Å². The monoisotopic (exact) mass is 317 g/mol. The fourth-order valence-corrected chi connectivity index (χ4v) is 1.50. The highest BCUT2D eigenvalue weighted by atomic mass is 35.5. The Bertz CT molecular complexity index is 518. The summed E-state index contributed by atoms with van der Waals surface area (Å²) >= 11 is 0. The number of pyridine rings is 1. The second-order valence-corrected chi connectivity index (χ2v) is 3.77. The van der Waals surface area contributed by atoms with Crippen LogP contribution in [0.2, 0.25) is 0 Å². The number of halogens is 2. The minimum Gasteiger partial charge on any atom is -0.352 e. The Balaban J connectivity index is 0.00000180. The Morgan fingerprint density at radius 3 is 2.80 bits per heavy atom. The van der Waals surface area contributed by atoms with E-state index in [1.807, 2.05) is 0 Å². The van der Waals surface area contributed by atoms with Gasteiger partial charge in [0.15, 0.2) is 0 Å². The van der Waals surface area contributed by atoms with Crippen LogP contribution in [0.3, 0.4) is 0 Å². The number of nitrogens with one attached hydrogen (secondary N) is 1. The van der Waals surface area contributed by atoms with E-state index in [1.54, 1.807) is 41.6 Å². The van der Waals surface area contributed by atoms with Gasteiger partial charge >= 0.3 is 0 Å². The molecule has 0 spiro atoms. The Morgan fingerprint density at radius 2 is 2.15 bits per heavy atom. The molecule has 0 saturated carbocycles. The summed E-state index contributed by atoms with van der Waals surface area (Å²) < 4.78 is 1.75. The quantitative estimate of drug-likeness (QED) is 0.811. The van der Waals surface area contributed by atoms with E-state index in [-0.39, 0.29) is 30.7 Å². The third kappa shape index (κ3) is 4.80. The Morgan fingerprint density at radius 1 is 1.35 bits per heavy atom. The molecule has 0 atom stereocenters. The first-order valence-corrected chi connectivity index (χ1v) is 5.74. The molecule has 2 aromatic heterocycles. The van der Waals surface area contributed by atoms with Crippen molar-refractivity contribution in [1.82, 2.24) is 19.9 Å². The Kier molecular flexibility index (Phi) is 8.54. The number of imidazole rings is 1. The lowest BCUT2D eigenvalue weighted by Gasteiger charge is -2.06. The molecular formula is C12H17Cl2N5O. The second kappa shape index (κ2) is 9.30. The first-order valence-electron chi connectivity index (χ1n) is 5.74. The Labute approximate surface area is 129 Å². The van der Waals surface area contributed by atoms with Crippen LogP contribution in [0.4, 0.5) is 0 Å². The maximum Gasteiger partial charge on any atom is 0.251 e. The molecule has 3 N–H and O–H groups in total. The second-order valence-electron chi connectivity index (χ2n) is 3.77. The third-order valence-corrected chi connectivity index (χ3v) is 2.44. The summed E-state index contributed by atoms with van der Waals surface area (Å²) in [5.74, 6) is 0.547. The summed E-state index contributed by atoms with van der Waals surface area (Å²) in [5.41, 5.74) is 5.94. The smallest absolute Gasteiger partial charge is 0.251 e. The average Bonchev–Trinajstić information content (AvgIpc) is 2.93. The number of amides is 1. The van der Waals surface area contributed by atoms with Crippen LogP contribution < -0.4 is 11.1 Å². The topological polar surface area (TPSA) is 85.8 Å². The zero-order chi connectivity index (χ0) is 12.8. The highest BCUT2D eigenvalue weighted by molar-refractivity contribution is 5.94. The number of nitrogens with two attached hydrogens (primary N) is 1. The zero-order valence-electron chi connectivity index (χ0n) is 10.7. The fraction of sp³-hybridized carbons (Fsp3) is 0.250. The minimum atomic E-state index is -0.118. The van der Waals surface area contributed by atoms with Crippen LogP contribution in [-0.2, 0) is 0 Å². The van der Waals surface area contributed by atoms with Crippen LogP contribution in [0.1, 0.15) is 16.8 Å². The van der Waals surface area contributed by atoms with Gasteiger partial charge in [0, 0.05) is 30.7 Å². The fourth-order valence-electron chi connectivity index (χ4n) is 1.50. The molecule has 20 heavy (non-hydrogen) atoms. The predicted octanol–water partition coefficient (Wildman–Crippen LogP) is 1.19. The average molecular weight is 318 g/mol. The van der Waals surface area contributed by atoms with E-state index in [0.29, 0.717) is 24.5 Å². The number of hydrogen-bond donors (Lipinski definition) is 2. The molecule has 6 nitrogen and oxygen atoms in total. The maximum atomic E-state index is 11.8. The highest BCUT2D eigenvalue weighted by Gasteiger charge is 2.06. The van der Waals surface area contributed by atoms with Gasteiger partial charge in [0.2, 0.25) is 0 Å². The van der Waals surface area contributed by atoms with E-state index in [4.69, 9.17) is 5.73 Å². The number of hydrogen-bond acceptors (Lipinski definition) is 4. The van der Waals surface area contributed by atoms with Gasteiger partial charge in [0.25, 0.3) is 5.91 Å². The predicted molar refractivity (Wildman–Crippen MR) is 81.9 cm³/mol. The zero-order valence-corrected chi connectivity index (χ0v) is 12.4. The van der Waals surface area contributed by atoms with Gasteiger partial charge in [-0.1, -0.05) is 0 Å². The van der Waals surface area contributed by atoms with E-state index in [0.717, 1.165) is 6.42 Å². The summed E-state index contributed by atoms with van der Waals surface area (Å²) in [6, 6.07) is 3.40. The van der Waals surface area contributed by atoms with Gasteiger partial charge in [0.1, 0.15) is 12.1 Å². The molecule has 0 aliphatic heterocycles. The molecule has 0 radical (unpaired) electrons. The van der Waals surface area contributed by atoms with Gasteiger partial charge in [-0.25, -0.2) is 9.97 Å². The minimum absolute atomic E-state index is 0. The number of nitrogens with zero attached hydrogens (tertiary/aromatic N) is 3. The summed E-state index contributed by atoms with van der Waals surface area (Å²) in [4.78, 5) is 20.0. The van der Waals surface area contributed by atoms with Crippen molar-refractivity contribution in [3.05, 3.63) is 42.6 Å². The van der Waals surface area contributed by atoms with Crippen molar-refractivity contribution in [1.29, 1.82) is 0 Å². The van der Waals surface area contributed by atoms with Gasteiger partial charge in [-0.3, -0.25) is 9.36 Å². The van der Waals surface area contributed by atoms with Crippen LogP contribution in [0.5, 0.6) is 0 Å². The van der Waals surface area contributed by atoms with E-state index in [2.05, 4.69) is 15.3 Å². The number of carbonyl (C=O) groups excluding carboxylic acids is 1. The summed E-state index contributed by atoms with van der Waals surface area (Å²) in [7, 11) is 0. The van der Waals surface area contributed by atoms with Crippen molar-refractivity contribution in [2.24, 2.45) is 5.73 Å². The molecule has 0 fully saturated rings. The summed E-state index contributed by atoms with van der Waals surface area (Å²) in [6.45, 7) is 1.15. The van der Waals surface area contributed by atoms with Crippen LogP contribution in [0.25, 0.3) is 5.82 Å². The largest absolute Gasteiger partial charge is 0.352 e. The third-order valence-electron chi connectivity index (χ3n) is 2.44. The summed E-state index contributed by atoms with van der Waals surface area (Å²) in [6.07, 6.45) is 7.45. The standard InChI is InChI=1S/C12H15N5O.2ClH/c13-3-1-4-16-12(18)10-2-5-15-11(8-10)17-7-6-14-9-17;;/h2,5-9H,1,3-4,13H2,(H,16,18);2*1H. The molecule has 110 valence electrons.